The van der Waals surface area contributed by atoms with Gasteiger partial charge in [0, 0.05) is 6.54 Å². The zero-order chi connectivity index (χ0) is 5.82. The fourth-order valence-electron chi connectivity index (χ4n) is 0.753. The normalized spacial score (nSPS) is 21.6. The fourth-order valence-corrected chi connectivity index (χ4v) is 0.920. The molecule has 0 aromatic carbocycles. The summed E-state index contributed by atoms with van der Waals surface area (Å²) in [5.41, 5.74) is 0. The molecule has 0 radical (unpaired) electrons. The molecule has 1 rings (SSSR count). The van der Waals surface area contributed by atoms with E-state index >= 15 is 0 Å². The van der Waals surface area contributed by atoms with Crippen LogP contribution >= 0.6 is 15.9 Å². The molecule has 0 aliphatic carbocycles. The molecule has 1 nitrogen and oxygen atoms in total. The van der Waals surface area contributed by atoms with Crippen LogP contribution < -0.4 is 0 Å². The van der Waals surface area contributed by atoms with Crippen molar-refractivity contribution >= 4 is 15.9 Å². The van der Waals surface area contributed by atoms with Crippen molar-refractivity contribution in [2.45, 2.75) is 6.42 Å². The molecule has 0 N–H and O–H groups in total. The Labute approximate surface area is 58.5 Å². The standard InChI is InChI=1S/C6H10BrN/c7-3-1-4-8-5-2-6-8/h1,3H,2,4-6H2. The second-order valence-electron chi connectivity index (χ2n) is 2.02. The molecule has 0 aromatic rings. The van der Waals surface area contributed by atoms with E-state index in [9.17, 15) is 0 Å². The van der Waals surface area contributed by atoms with Crippen molar-refractivity contribution in [3.63, 3.8) is 0 Å². The largest absolute Gasteiger partial charge is 0.300 e. The zero-order valence-corrected chi connectivity index (χ0v) is 6.39. The Hall–Kier alpha value is 0.180. The minimum Gasteiger partial charge on any atom is -0.300 e. The Balaban J connectivity index is 2.01. The molecule has 2 heteroatoms. The van der Waals surface area contributed by atoms with E-state index in [-0.39, 0.29) is 0 Å². The van der Waals surface area contributed by atoms with E-state index in [1.54, 1.807) is 0 Å². The topological polar surface area (TPSA) is 3.24 Å². The number of hydrogen-bond acceptors (Lipinski definition) is 1. The Kier molecular flexibility index (Phi) is 2.56. The first-order valence-corrected chi connectivity index (χ1v) is 3.82. The van der Waals surface area contributed by atoms with Gasteiger partial charge < -0.3 is 0 Å². The van der Waals surface area contributed by atoms with Gasteiger partial charge in [-0.1, -0.05) is 22.0 Å². The van der Waals surface area contributed by atoms with Gasteiger partial charge in [-0.3, -0.25) is 4.90 Å². The summed E-state index contributed by atoms with van der Waals surface area (Å²) in [6, 6.07) is 0. The van der Waals surface area contributed by atoms with Gasteiger partial charge in [0.25, 0.3) is 0 Å². The first kappa shape index (κ1) is 6.30. The van der Waals surface area contributed by atoms with Gasteiger partial charge in [-0.05, 0) is 24.5 Å². The molecule has 0 aromatic heterocycles. The summed E-state index contributed by atoms with van der Waals surface area (Å²) >= 11 is 3.22. The Morgan fingerprint density at radius 1 is 1.50 bits per heavy atom. The first-order valence-electron chi connectivity index (χ1n) is 2.91. The van der Waals surface area contributed by atoms with Gasteiger partial charge in [0.1, 0.15) is 0 Å². The maximum Gasteiger partial charge on any atom is 0.0171 e. The van der Waals surface area contributed by atoms with Crippen molar-refractivity contribution in [3.8, 4) is 0 Å². The quantitative estimate of drug-likeness (QED) is 0.617. The van der Waals surface area contributed by atoms with Gasteiger partial charge in [0.2, 0.25) is 0 Å². The molecule has 0 bridgehead atoms. The molecule has 1 fully saturated rings. The summed E-state index contributed by atoms with van der Waals surface area (Å²) in [6.45, 7) is 3.69. The highest BCUT2D eigenvalue weighted by Crippen LogP contribution is 2.04. The van der Waals surface area contributed by atoms with E-state index in [2.05, 4.69) is 26.9 Å². The van der Waals surface area contributed by atoms with Crippen LogP contribution in [-0.2, 0) is 0 Å². The molecule has 1 aliphatic rings. The van der Waals surface area contributed by atoms with Gasteiger partial charge >= 0.3 is 0 Å². The van der Waals surface area contributed by atoms with Crippen LogP contribution in [0.4, 0.5) is 0 Å². The molecule has 0 amide bonds. The van der Waals surface area contributed by atoms with Crippen LogP contribution in [0, 0.1) is 0 Å². The molecule has 1 aliphatic heterocycles. The molecule has 0 unspecified atom stereocenters. The molecule has 1 saturated heterocycles. The van der Waals surface area contributed by atoms with Crippen LogP contribution in [0.25, 0.3) is 0 Å². The highest BCUT2D eigenvalue weighted by molar-refractivity contribution is 9.11. The smallest absolute Gasteiger partial charge is 0.0171 e. The van der Waals surface area contributed by atoms with Crippen LogP contribution in [0.1, 0.15) is 6.42 Å². The third kappa shape index (κ3) is 1.60. The molecule has 8 heavy (non-hydrogen) atoms. The lowest BCUT2D eigenvalue weighted by atomic mass is 10.2. The highest BCUT2D eigenvalue weighted by Gasteiger charge is 2.10. The van der Waals surface area contributed by atoms with Crippen molar-refractivity contribution in [1.82, 2.24) is 4.90 Å². The lowest BCUT2D eigenvalue weighted by Gasteiger charge is -2.29. The van der Waals surface area contributed by atoms with Gasteiger partial charge in [-0.2, -0.15) is 0 Å². The first-order chi connectivity index (χ1) is 3.93. The van der Waals surface area contributed by atoms with E-state index in [0.29, 0.717) is 0 Å². The third-order valence-corrected chi connectivity index (χ3v) is 1.78. The van der Waals surface area contributed by atoms with E-state index in [1.165, 1.54) is 19.5 Å². The lowest BCUT2D eigenvalue weighted by molar-refractivity contribution is 0.203. The van der Waals surface area contributed by atoms with Crippen molar-refractivity contribution in [2.75, 3.05) is 19.6 Å². The average Bonchev–Trinajstić information content (AvgIpc) is 1.63. The number of likely N-dealkylation sites (tertiary alicyclic amines) is 1. The van der Waals surface area contributed by atoms with Crippen molar-refractivity contribution < 1.29 is 0 Å². The van der Waals surface area contributed by atoms with Gasteiger partial charge in [-0.25, -0.2) is 0 Å². The zero-order valence-electron chi connectivity index (χ0n) is 4.81. The van der Waals surface area contributed by atoms with Crippen molar-refractivity contribution in [2.24, 2.45) is 0 Å². The SMILES string of the molecule is BrC=CCN1CCC1. The van der Waals surface area contributed by atoms with E-state index in [0.717, 1.165) is 6.54 Å². The number of nitrogens with zero attached hydrogens (tertiary/aromatic N) is 1. The molecular weight excluding hydrogens is 166 g/mol. The van der Waals surface area contributed by atoms with Crippen LogP contribution in [-0.4, -0.2) is 24.5 Å². The summed E-state index contributed by atoms with van der Waals surface area (Å²) in [7, 11) is 0. The van der Waals surface area contributed by atoms with Gasteiger partial charge in [0.15, 0.2) is 0 Å². The lowest BCUT2D eigenvalue weighted by Crippen LogP contribution is -2.36. The second-order valence-corrected chi connectivity index (χ2v) is 2.54. The Morgan fingerprint density at radius 2 is 2.25 bits per heavy atom. The molecule has 0 spiro atoms. The van der Waals surface area contributed by atoms with Gasteiger partial charge in [0.05, 0.1) is 0 Å². The minimum absolute atomic E-state index is 1.12. The van der Waals surface area contributed by atoms with Gasteiger partial charge in [-0.15, -0.1) is 0 Å². The summed E-state index contributed by atoms with van der Waals surface area (Å²) in [5, 5.41) is 0. The Morgan fingerprint density at radius 3 is 2.62 bits per heavy atom. The molecule has 0 atom stereocenters. The summed E-state index contributed by atoms with van der Waals surface area (Å²) in [5.74, 6) is 0. The fraction of sp³-hybridized carbons (Fsp3) is 0.667. The van der Waals surface area contributed by atoms with Crippen molar-refractivity contribution in [3.05, 3.63) is 11.1 Å². The predicted molar refractivity (Wildman–Crippen MR) is 39.1 cm³/mol. The second kappa shape index (κ2) is 3.25. The minimum atomic E-state index is 1.12. The Bertz CT molecular complexity index is 86.5. The maximum atomic E-state index is 3.22. The maximum absolute atomic E-state index is 3.22. The van der Waals surface area contributed by atoms with Crippen LogP contribution in [0.2, 0.25) is 0 Å². The van der Waals surface area contributed by atoms with E-state index in [4.69, 9.17) is 0 Å². The van der Waals surface area contributed by atoms with E-state index < -0.39 is 0 Å². The van der Waals surface area contributed by atoms with Crippen LogP contribution in [0.3, 0.4) is 0 Å². The van der Waals surface area contributed by atoms with Crippen molar-refractivity contribution in [1.29, 1.82) is 0 Å². The average molecular weight is 176 g/mol. The monoisotopic (exact) mass is 175 g/mol. The third-order valence-electron chi connectivity index (χ3n) is 1.40. The van der Waals surface area contributed by atoms with Crippen LogP contribution in [0.15, 0.2) is 11.1 Å². The summed E-state index contributed by atoms with van der Waals surface area (Å²) < 4.78 is 0. The summed E-state index contributed by atoms with van der Waals surface area (Å²) in [4.78, 5) is 4.32. The number of halogens is 1. The number of rotatable bonds is 2. The highest BCUT2D eigenvalue weighted by atomic mass is 79.9. The predicted octanol–water partition coefficient (Wildman–Crippen LogP) is 1.60. The molecule has 0 saturated carbocycles. The molecular formula is C6H10BrN. The number of hydrogen-bond donors (Lipinski definition) is 0. The summed E-state index contributed by atoms with van der Waals surface area (Å²) in [6.07, 6.45) is 3.51. The van der Waals surface area contributed by atoms with Crippen LogP contribution in [0.5, 0.6) is 0 Å². The van der Waals surface area contributed by atoms with E-state index in [1.807, 2.05) is 4.99 Å². The molecule has 1 heterocycles. The molecule has 46 valence electrons.